The molecule has 1 aliphatic rings. The summed E-state index contributed by atoms with van der Waals surface area (Å²) in [5.74, 6) is -0.369. The molecule has 0 atom stereocenters. The molecule has 98 valence electrons. The third-order valence-corrected chi connectivity index (χ3v) is 4.55. The Morgan fingerprint density at radius 2 is 2.21 bits per heavy atom. The number of nitrogens with two attached hydrogens (primary N) is 1. The first-order valence-electron chi connectivity index (χ1n) is 6.05. The Bertz CT molecular complexity index is 638. The summed E-state index contributed by atoms with van der Waals surface area (Å²) in [6.07, 6.45) is 0.954. The highest BCUT2D eigenvalue weighted by Gasteiger charge is 2.20. The van der Waals surface area contributed by atoms with Crippen LogP contribution in [0.15, 0.2) is 30.3 Å². The van der Waals surface area contributed by atoms with Gasteiger partial charge in [-0.15, -0.1) is 11.3 Å². The van der Waals surface area contributed by atoms with E-state index in [2.05, 4.69) is 11.0 Å². The molecule has 19 heavy (non-hydrogen) atoms. The second-order valence-electron chi connectivity index (χ2n) is 4.59. The predicted molar refractivity (Wildman–Crippen MR) is 79.0 cm³/mol. The summed E-state index contributed by atoms with van der Waals surface area (Å²) in [5.41, 5.74) is 8.27. The number of benzene rings is 1. The van der Waals surface area contributed by atoms with Gasteiger partial charge in [0.2, 0.25) is 5.91 Å². The lowest BCUT2D eigenvalue weighted by molar-refractivity contribution is 0.1000. The Labute approximate surface area is 120 Å². The molecule has 3 nitrogen and oxygen atoms in total. The minimum atomic E-state index is -0.369. The van der Waals surface area contributed by atoms with E-state index in [4.69, 9.17) is 17.3 Å². The van der Waals surface area contributed by atoms with E-state index in [1.807, 2.05) is 18.2 Å². The van der Waals surface area contributed by atoms with Crippen molar-refractivity contribution in [2.24, 2.45) is 5.73 Å². The Hall–Kier alpha value is -1.52. The van der Waals surface area contributed by atoms with Gasteiger partial charge in [0.15, 0.2) is 0 Å². The molecule has 0 radical (unpaired) electrons. The molecule has 5 heteroatoms. The normalized spacial score (nSPS) is 13.6. The van der Waals surface area contributed by atoms with Gasteiger partial charge in [-0.2, -0.15) is 0 Å². The average Bonchev–Trinajstić information content (AvgIpc) is 2.96. The van der Waals surface area contributed by atoms with Crippen LogP contribution < -0.4 is 10.6 Å². The number of primary amides is 1. The number of anilines is 1. The molecule has 3 rings (SSSR count). The SMILES string of the molecule is NC(=O)c1ccc2c(c1)CCN2Cc1ccc(Cl)s1. The second kappa shape index (κ2) is 4.87. The van der Waals surface area contributed by atoms with Crippen LogP contribution in [0.3, 0.4) is 0 Å². The number of hydrogen-bond donors (Lipinski definition) is 1. The van der Waals surface area contributed by atoms with E-state index in [9.17, 15) is 4.79 Å². The van der Waals surface area contributed by atoms with Crippen LogP contribution in [0, 0.1) is 0 Å². The van der Waals surface area contributed by atoms with E-state index in [0.717, 1.165) is 23.8 Å². The van der Waals surface area contributed by atoms with Gasteiger partial charge < -0.3 is 10.6 Å². The van der Waals surface area contributed by atoms with Crippen molar-refractivity contribution in [2.45, 2.75) is 13.0 Å². The molecule has 0 saturated heterocycles. The largest absolute Gasteiger partial charge is 0.366 e. The topological polar surface area (TPSA) is 46.3 Å². The van der Waals surface area contributed by atoms with E-state index in [0.29, 0.717) is 5.56 Å². The van der Waals surface area contributed by atoms with Gasteiger partial charge >= 0.3 is 0 Å². The summed E-state index contributed by atoms with van der Waals surface area (Å²) in [4.78, 5) is 14.7. The molecule has 1 amide bonds. The maximum Gasteiger partial charge on any atom is 0.248 e. The molecule has 0 fully saturated rings. The van der Waals surface area contributed by atoms with Crippen molar-refractivity contribution >= 4 is 34.5 Å². The maximum absolute atomic E-state index is 11.2. The van der Waals surface area contributed by atoms with Gasteiger partial charge in [-0.25, -0.2) is 0 Å². The monoisotopic (exact) mass is 292 g/mol. The zero-order chi connectivity index (χ0) is 13.4. The van der Waals surface area contributed by atoms with Crippen molar-refractivity contribution < 1.29 is 4.79 Å². The highest BCUT2D eigenvalue weighted by molar-refractivity contribution is 7.16. The molecular weight excluding hydrogens is 280 g/mol. The zero-order valence-electron chi connectivity index (χ0n) is 10.2. The first-order valence-corrected chi connectivity index (χ1v) is 7.25. The number of carbonyl (C=O) groups is 1. The summed E-state index contributed by atoms with van der Waals surface area (Å²) in [5, 5.41) is 0. The second-order valence-corrected chi connectivity index (χ2v) is 6.38. The Balaban J connectivity index is 1.84. The van der Waals surface area contributed by atoms with Crippen molar-refractivity contribution in [1.82, 2.24) is 0 Å². The first kappa shape index (κ1) is 12.5. The van der Waals surface area contributed by atoms with Crippen LogP contribution in [0.2, 0.25) is 4.34 Å². The number of carbonyl (C=O) groups excluding carboxylic acids is 1. The first-order chi connectivity index (χ1) is 9.13. The molecular formula is C14H13ClN2OS. The summed E-state index contributed by atoms with van der Waals surface area (Å²) in [7, 11) is 0. The summed E-state index contributed by atoms with van der Waals surface area (Å²) < 4.78 is 0.818. The average molecular weight is 293 g/mol. The van der Waals surface area contributed by atoms with Gasteiger partial charge in [0.25, 0.3) is 0 Å². The van der Waals surface area contributed by atoms with E-state index in [1.165, 1.54) is 16.1 Å². The minimum Gasteiger partial charge on any atom is -0.366 e. The molecule has 1 aliphatic heterocycles. The Morgan fingerprint density at radius 1 is 1.37 bits per heavy atom. The van der Waals surface area contributed by atoms with Gasteiger partial charge in [0.1, 0.15) is 0 Å². The van der Waals surface area contributed by atoms with Gasteiger partial charge in [-0.1, -0.05) is 11.6 Å². The lowest BCUT2D eigenvalue weighted by atomic mass is 10.1. The van der Waals surface area contributed by atoms with Gasteiger partial charge in [-0.3, -0.25) is 4.79 Å². The number of nitrogens with zero attached hydrogens (tertiary/aromatic N) is 1. The third-order valence-electron chi connectivity index (χ3n) is 3.33. The summed E-state index contributed by atoms with van der Waals surface area (Å²) >= 11 is 7.56. The van der Waals surface area contributed by atoms with Gasteiger partial charge in [0, 0.05) is 22.7 Å². The maximum atomic E-state index is 11.2. The molecule has 0 saturated carbocycles. The van der Waals surface area contributed by atoms with E-state index in [1.54, 1.807) is 17.4 Å². The summed E-state index contributed by atoms with van der Waals surface area (Å²) in [6.45, 7) is 1.83. The number of rotatable bonds is 3. The van der Waals surface area contributed by atoms with Crippen molar-refractivity contribution in [1.29, 1.82) is 0 Å². The van der Waals surface area contributed by atoms with E-state index >= 15 is 0 Å². The number of halogens is 1. The Kier molecular flexibility index (Phi) is 3.21. The van der Waals surface area contributed by atoms with E-state index in [-0.39, 0.29) is 5.91 Å². The van der Waals surface area contributed by atoms with Crippen molar-refractivity contribution in [2.75, 3.05) is 11.4 Å². The Morgan fingerprint density at radius 3 is 2.89 bits per heavy atom. The third kappa shape index (κ3) is 2.46. The molecule has 0 bridgehead atoms. The number of fused-ring (bicyclic) bond motifs is 1. The number of amides is 1. The van der Waals surface area contributed by atoms with Crippen LogP contribution in [-0.4, -0.2) is 12.5 Å². The van der Waals surface area contributed by atoms with Crippen LogP contribution in [-0.2, 0) is 13.0 Å². The molecule has 1 aromatic heterocycles. The van der Waals surface area contributed by atoms with Crippen LogP contribution in [0.25, 0.3) is 0 Å². The van der Waals surface area contributed by atoms with Crippen LogP contribution in [0.5, 0.6) is 0 Å². The highest BCUT2D eigenvalue weighted by atomic mass is 35.5. The standard InChI is InChI=1S/C14H13ClN2OS/c15-13-4-2-11(19-13)8-17-6-5-9-7-10(14(16)18)1-3-12(9)17/h1-4,7H,5-6,8H2,(H2,16,18). The lowest BCUT2D eigenvalue weighted by Crippen LogP contribution is -2.19. The van der Waals surface area contributed by atoms with Crippen LogP contribution in [0.4, 0.5) is 5.69 Å². The molecule has 1 aromatic carbocycles. The van der Waals surface area contributed by atoms with Crippen molar-refractivity contribution in [3.05, 3.63) is 50.7 Å². The van der Waals surface area contributed by atoms with E-state index < -0.39 is 0 Å². The summed E-state index contributed by atoms with van der Waals surface area (Å²) in [6, 6.07) is 9.66. The number of hydrogen-bond acceptors (Lipinski definition) is 3. The minimum absolute atomic E-state index is 0.369. The smallest absolute Gasteiger partial charge is 0.248 e. The molecule has 0 spiro atoms. The van der Waals surface area contributed by atoms with Gasteiger partial charge in [0.05, 0.1) is 10.9 Å². The fourth-order valence-corrected chi connectivity index (χ4v) is 3.52. The van der Waals surface area contributed by atoms with Gasteiger partial charge in [-0.05, 0) is 42.3 Å². The molecule has 2 N–H and O–H groups in total. The zero-order valence-corrected chi connectivity index (χ0v) is 11.8. The van der Waals surface area contributed by atoms with Crippen LogP contribution in [0.1, 0.15) is 20.8 Å². The van der Waals surface area contributed by atoms with Crippen LogP contribution >= 0.6 is 22.9 Å². The molecule has 0 unspecified atom stereocenters. The number of thiophene rings is 1. The lowest BCUT2D eigenvalue weighted by Gasteiger charge is -2.18. The molecule has 0 aliphatic carbocycles. The molecule has 2 heterocycles. The quantitative estimate of drug-likeness (QED) is 0.945. The predicted octanol–water partition coefficient (Wildman–Crippen LogP) is 3.06. The van der Waals surface area contributed by atoms with Crippen molar-refractivity contribution in [3.8, 4) is 0 Å². The van der Waals surface area contributed by atoms with Crippen molar-refractivity contribution in [3.63, 3.8) is 0 Å². The highest BCUT2D eigenvalue weighted by Crippen LogP contribution is 2.32. The fourth-order valence-electron chi connectivity index (χ4n) is 2.41. The fraction of sp³-hybridized carbons (Fsp3) is 0.214. The molecule has 2 aromatic rings.